The Morgan fingerprint density at radius 2 is 1.96 bits per heavy atom. The van der Waals surface area contributed by atoms with Crippen LogP contribution in [0.3, 0.4) is 0 Å². The average Bonchev–Trinajstić information content (AvgIpc) is 3.07. The van der Waals surface area contributed by atoms with Crippen LogP contribution in [0, 0.1) is 6.92 Å². The number of hydrogen-bond acceptors (Lipinski definition) is 5. The molecule has 1 aromatic heterocycles. The maximum absolute atomic E-state index is 12.6. The molecule has 0 fully saturated rings. The topological polar surface area (TPSA) is 60.5 Å². The molecule has 1 amide bonds. The highest BCUT2D eigenvalue weighted by Gasteiger charge is 2.16. The number of hydrogen-bond donors (Lipinski definition) is 1. The normalized spacial score (nSPS) is 10.6. The first-order valence-electron chi connectivity index (χ1n) is 8.83. The van der Waals surface area contributed by atoms with Gasteiger partial charge in [0.25, 0.3) is 5.91 Å². The van der Waals surface area contributed by atoms with E-state index >= 15 is 0 Å². The third kappa shape index (κ3) is 4.82. The molecule has 28 heavy (non-hydrogen) atoms. The first kappa shape index (κ1) is 20.2. The summed E-state index contributed by atoms with van der Waals surface area (Å²) in [4.78, 5) is 17.6. The molecule has 0 unspecified atom stereocenters. The van der Waals surface area contributed by atoms with Crippen molar-refractivity contribution >= 4 is 34.5 Å². The summed E-state index contributed by atoms with van der Waals surface area (Å²) >= 11 is 7.43. The summed E-state index contributed by atoms with van der Waals surface area (Å²) < 4.78 is 10.9. The number of carbonyl (C=O) groups is 1. The maximum atomic E-state index is 12.6. The Bertz CT molecular complexity index is 970. The number of aryl methyl sites for hydroxylation is 2. The van der Waals surface area contributed by atoms with Crippen LogP contribution in [0.15, 0.2) is 42.5 Å². The van der Waals surface area contributed by atoms with Crippen molar-refractivity contribution in [2.75, 3.05) is 12.4 Å². The molecule has 3 aromatic rings. The Morgan fingerprint density at radius 1 is 1.21 bits per heavy atom. The van der Waals surface area contributed by atoms with Crippen molar-refractivity contribution in [3.63, 3.8) is 0 Å². The number of benzene rings is 2. The monoisotopic (exact) mass is 416 g/mol. The smallest absolute Gasteiger partial charge is 0.267 e. The SMILES string of the molecule is CCc1ccc(OCc2nc(C)c(C(=O)Nc3ccc(OC)c(Cl)c3)s2)cc1. The van der Waals surface area contributed by atoms with E-state index in [9.17, 15) is 4.79 Å². The highest BCUT2D eigenvalue weighted by Crippen LogP contribution is 2.28. The number of amides is 1. The fourth-order valence-electron chi connectivity index (χ4n) is 2.62. The number of halogens is 1. The molecule has 0 atom stereocenters. The minimum atomic E-state index is -0.227. The molecule has 1 N–H and O–H groups in total. The fraction of sp³-hybridized carbons (Fsp3) is 0.238. The number of thiazole rings is 1. The van der Waals surface area contributed by atoms with Gasteiger partial charge in [0.1, 0.15) is 28.0 Å². The summed E-state index contributed by atoms with van der Waals surface area (Å²) in [6, 6.07) is 13.1. The molecule has 0 aliphatic rings. The Labute approximate surface area is 173 Å². The molecule has 2 aromatic carbocycles. The molecular formula is C21H21ClN2O3S. The van der Waals surface area contributed by atoms with Gasteiger partial charge in [-0.1, -0.05) is 30.7 Å². The Hall–Kier alpha value is -2.57. The van der Waals surface area contributed by atoms with Crippen LogP contribution in [0.2, 0.25) is 5.02 Å². The van der Waals surface area contributed by atoms with Crippen molar-refractivity contribution in [3.8, 4) is 11.5 Å². The van der Waals surface area contributed by atoms with Crippen LogP contribution in [0.4, 0.5) is 5.69 Å². The molecule has 0 bridgehead atoms. The van der Waals surface area contributed by atoms with Crippen molar-refractivity contribution in [2.45, 2.75) is 26.9 Å². The Balaban J connectivity index is 1.65. The fourth-order valence-corrected chi connectivity index (χ4v) is 3.75. The van der Waals surface area contributed by atoms with Gasteiger partial charge in [-0.05, 0) is 49.2 Å². The molecule has 0 spiro atoms. The van der Waals surface area contributed by atoms with Gasteiger partial charge in [0.05, 0.1) is 17.8 Å². The zero-order valence-corrected chi connectivity index (χ0v) is 17.5. The van der Waals surface area contributed by atoms with Gasteiger partial charge in [0.15, 0.2) is 0 Å². The van der Waals surface area contributed by atoms with Crippen LogP contribution < -0.4 is 14.8 Å². The van der Waals surface area contributed by atoms with Crippen molar-refractivity contribution in [2.24, 2.45) is 0 Å². The zero-order valence-electron chi connectivity index (χ0n) is 15.9. The lowest BCUT2D eigenvalue weighted by Crippen LogP contribution is -2.11. The summed E-state index contributed by atoms with van der Waals surface area (Å²) in [7, 11) is 1.54. The van der Waals surface area contributed by atoms with Crippen molar-refractivity contribution in [1.82, 2.24) is 4.98 Å². The average molecular weight is 417 g/mol. The second kappa shape index (κ2) is 9.08. The number of nitrogens with zero attached hydrogens (tertiary/aromatic N) is 1. The van der Waals surface area contributed by atoms with Crippen molar-refractivity contribution in [1.29, 1.82) is 0 Å². The predicted molar refractivity (Wildman–Crippen MR) is 113 cm³/mol. The minimum Gasteiger partial charge on any atom is -0.495 e. The van der Waals surface area contributed by atoms with Gasteiger partial charge in [0, 0.05) is 5.69 Å². The summed E-state index contributed by atoms with van der Waals surface area (Å²) in [6.45, 7) is 4.24. The van der Waals surface area contributed by atoms with Crippen LogP contribution in [-0.2, 0) is 13.0 Å². The van der Waals surface area contributed by atoms with E-state index in [1.165, 1.54) is 16.9 Å². The van der Waals surface area contributed by atoms with Gasteiger partial charge in [-0.15, -0.1) is 11.3 Å². The van der Waals surface area contributed by atoms with Crippen LogP contribution in [0.5, 0.6) is 11.5 Å². The number of aromatic nitrogens is 1. The second-order valence-corrected chi connectivity index (χ2v) is 7.60. The molecule has 146 valence electrons. The number of nitrogens with one attached hydrogen (secondary N) is 1. The van der Waals surface area contributed by atoms with Crippen molar-refractivity contribution in [3.05, 3.63) is 68.6 Å². The minimum absolute atomic E-state index is 0.227. The maximum Gasteiger partial charge on any atom is 0.267 e. The van der Waals surface area contributed by atoms with Crippen molar-refractivity contribution < 1.29 is 14.3 Å². The molecule has 0 radical (unpaired) electrons. The van der Waals surface area contributed by atoms with E-state index in [1.807, 2.05) is 31.2 Å². The van der Waals surface area contributed by atoms with E-state index in [1.54, 1.807) is 25.3 Å². The lowest BCUT2D eigenvalue weighted by Gasteiger charge is -2.07. The van der Waals surface area contributed by atoms with Crippen LogP contribution in [0.25, 0.3) is 0 Å². The highest BCUT2D eigenvalue weighted by atomic mass is 35.5. The molecule has 5 nitrogen and oxygen atoms in total. The number of carbonyl (C=O) groups excluding carboxylic acids is 1. The second-order valence-electron chi connectivity index (χ2n) is 6.11. The quantitative estimate of drug-likeness (QED) is 0.551. The number of methoxy groups -OCH3 is 1. The van der Waals surface area contributed by atoms with E-state index in [0.29, 0.717) is 33.6 Å². The van der Waals surface area contributed by atoms with E-state index in [-0.39, 0.29) is 5.91 Å². The molecule has 3 rings (SSSR count). The van der Waals surface area contributed by atoms with E-state index in [2.05, 4.69) is 17.2 Å². The summed E-state index contributed by atoms with van der Waals surface area (Å²) in [5, 5.41) is 4.02. The number of ether oxygens (including phenoxy) is 2. The number of rotatable bonds is 7. The molecule has 0 aliphatic heterocycles. The van der Waals surface area contributed by atoms with Gasteiger partial charge in [0.2, 0.25) is 0 Å². The van der Waals surface area contributed by atoms with E-state index < -0.39 is 0 Å². The highest BCUT2D eigenvalue weighted by molar-refractivity contribution is 7.13. The van der Waals surface area contributed by atoms with Gasteiger partial charge < -0.3 is 14.8 Å². The van der Waals surface area contributed by atoms with Gasteiger partial charge in [-0.2, -0.15) is 0 Å². The van der Waals surface area contributed by atoms with Crippen LogP contribution in [-0.4, -0.2) is 18.0 Å². The third-order valence-electron chi connectivity index (χ3n) is 4.15. The lowest BCUT2D eigenvalue weighted by atomic mass is 10.2. The first-order valence-corrected chi connectivity index (χ1v) is 10.0. The largest absolute Gasteiger partial charge is 0.495 e. The lowest BCUT2D eigenvalue weighted by molar-refractivity contribution is 0.103. The molecule has 0 saturated carbocycles. The molecular weight excluding hydrogens is 396 g/mol. The summed E-state index contributed by atoms with van der Waals surface area (Å²) in [6.07, 6.45) is 0.990. The number of anilines is 1. The first-order chi connectivity index (χ1) is 13.5. The Kier molecular flexibility index (Phi) is 6.54. The zero-order chi connectivity index (χ0) is 20.1. The van der Waals surface area contributed by atoms with Gasteiger partial charge in [-0.3, -0.25) is 4.79 Å². The van der Waals surface area contributed by atoms with Gasteiger partial charge >= 0.3 is 0 Å². The Morgan fingerprint density at radius 3 is 2.61 bits per heavy atom. The van der Waals surface area contributed by atoms with Crippen LogP contribution in [0.1, 0.15) is 32.9 Å². The van der Waals surface area contributed by atoms with E-state index in [0.717, 1.165) is 17.2 Å². The predicted octanol–water partition coefficient (Wildman–Crippen LogP) is 5.51. The van der Waals surface area contributed by atoms with Crippen LogP contribution >= 0.6 is 22.9 Å². The molecule has 1 heterocycles. The molecule has 7 heteroatoms. The van der Waals surface area contributed by atoms with E-state index in [4.69, 9.17) is 21.1 Å². The van der Waals surface area contributed by atoms with Gasteiger partial charge in [-0.25, -0.2) is 4.98 Å². The molecule has 0 saturated heterocycles. The standard InChI is InChI=1S/C21H21ClN2O3S/c1-4-14-5-8-16(9-6-14)27-12-19-23-13(2)20(28-19)21(25)24-15-7-10-18(26-3)17(22)11-15/h5-11H,4,12H2,1-3H3,(H,24,25). The third-order valence-corrected chi connectivity index (χ3v) is 5.58. The molecule has 0 aliphatic carbocycles. The summed E-state index contributed by atoms with van der Waals surface area (Å²) in [5.74, 6) is 1.11. The summed E-state index contributed by atoms with van der Waals surface area (Å²) in [5.41, 5.74) is 2.52.